The van der Waals surface area contributed by atoms with Crippen molar-refractivity contribution in [3.8, 4) is 11.5 Å². The molecule has 0 atom stereocenters. The van der Waals surface area contributed by atoms with E-state index in [4.69, 9.17) is 14.2 Å². The third-order valence-corrected chi connectivity index (χ3v) is 7.09. The monoisotopic (exact) mass is 535 g/mol. The number of hydrazone groups is 1. The number of anilines is 1. The summed E-state index contributed by atoms with van der Waals surface area (Å²) in [7, 11) is 1.29. The minimum atomic E-state index is -0.962. The van der Waals surface area contributed by atoms with Crippen molar-refractivity contribution >= 4 is 40.3 Å². The zero-order valence-electron chi connectivity index (χ0n) is 21.2. The van der Waals surface area contributed by atoms with Crippen molar-refractivity contribution in [3.63, 3.8) is 0 Å². The molecular weight excluding hydrogens is 506 g/mol. The van der Waals surface area contributed by atoms with Gasteiger partial charge >= 0.3 is 17.8 Å². The first-order valence-electron chi connectivity index (χ1n) is 12.3. The number of carbonyl (C=O) groups excluding carboxylic acids is 3. The van der Waals surface area contributed by atoms with Crippen molar-refractivity contribution in [1.29, 1.82) is 0 Å². The molecule has 0 spiro atoms. The smallest absolute Gasteiger partial charge is 0.341 e. The van der Waals surface area contributed by atoms with Gasteiger partial charge in [0.15, 0.2) is 11.5 Å². The Balaban J connectivity index is 1.38. The number of carbonyl (C=O) groups is 3. The molecule has 0 saturated heterocycles. The lowest BCUT2D eigenvalue weighted by Crippen LogP contribution is -2.32. The van der Waals surface area contributed by atoms with Crippen LogP contribution in [0.5, 0.6) is 11.5 Å². The summed E-state index contributed by atoms with van der Waals surface area (Å²) in [5.74, 6) is -1.30. The molecule has 1 aromatic heterocycles. The number of thiophene rings is 1. The average Bonchev–Trinajstić information content (AvgIpc) is 3.30. The number of fused-ring (bicyclic) bond motifs is 1. The number of amides is 2. The van der Waals surface area contributed by atoms with Crippen LogP contribution in [-0.4, -0.2) is 37.7 Å². The maximum Gasteiger partial charge on any atom is 0.341 e. The highest BCUT2D eigenvalue weighted by molar-refractivity contribution is 7.17. The van der Waals surface area contributed by atoms with Crippen LogP contribution in [0.25, 0.3) is 0 Å². The largest absolute Gasteiger partial charge is 0.490 e. The number of ether oxygens (including phenoxy) is 3. The molecular formula is C28H29N3O6S. The first kappa shape index (κ1) is 26.9. The Labute approximate surface area is 224 Å². The van der Waals surface area contributed by atoms with Gasteiger partial charge < -0.3 is 19.5 Å². The van der Waals surface area contributed by atoms with Gasteiger partial charge in [-0.2, -0.15) is 5.10 Å². The zero-order valence-corrected chi connectivity index (χ0v) is 22.1. The van der Waals surface area contributed by atoms with Crippen molar-refractivity contribution in [3.05, 3.63) is 75.7 Å². The van der Waals surface area contributed by atoms with Crippen molar-refractivity contribution < 1.29 is 28.6 Å². The van der Waals surface area contributed by atoms with E-state index < -0.39 is 17.8 Å². The maximum absolute atomic E-state index is 12.5. The average molecular weight is 536 g/mol. The fourth-order valence-electron chi connectivity index (χ4n) is 4.08. The molecule has 198 valence electrons. The molecule has 0 fully saturated rings. The predicted molar refractivity (Wildman–Crippen MR) is 145 cm³/mol. The second-order valence-electron chi connectivity index (χ2n) is 8.47. The van der Waals surface area contributed by atoms with Gasteiger partial charge in [0.1, 0.15) is 11.6 Å². The fourth-order valence-corrected chi connectivity index (χ4v) is 5.35. The second kappa shape index (κ2) is 12.9. The SMILES string of the molecule is CCOc1cc(/C=N/NC(=O)C(=O)Nc2sc3c(c2C(=O)OC)CCCC3)ccc1OCc1ccccc1. The van der Waals surface area contributed by atoms with Crippen molar-refractivity contribution in [2.24, 2.45) is 5.10 Å². The molecule has 0 aliphatic heterocycles. The first-order chi connectivity index (χ1) is 18.5. The van der Waals surface area contributed by atoms with E-state index in [0.717, 1.165) is 41.7 Å². The van der Waals surface area contributed by atoms with Crippen LogP contribution in [0.3, 0.4) is 0 Å². The Kier molecular flexibility index (Phi) is 9.10. The standard InChI is InChI=1S/C28H29N3O6S/c1-3-36-22-15-19(13-14-21(22)37-17-18-9-5-4-6-10-18)16-29-31-26(33)25(32)30-27-24(28(34)35-2)20-11-7-8-12-23(20)38-27/h4-6,9-10,13-16H,3,7-8,11-12,17H2,1-2H3,(H,30,32)(H,31,33)/b29-16+. The number of nitrogens with zero attached hydrogens (tertiary/aromatic N) is 1. The Bertz CT molecular complexity index is 1340. The molecule has 3 aromatic rings. The number of hydrogen-bond acceptors (Lipinski definition) is 8. The summed E-state index contributed by atoms with van der Waals surface area (Å²) in [6, 6.07) is 15.0. The first-order valence-corrected chi connectivity index (χ1v) is 13.1. The summed E-state index contributed by atoms with van der Waals surface area (Å²) < 4.78 is 16.5. The lowest BCUT2D eigenvalue weighted by atomic mass is 9.95. The van der Waals surface area contributed by atoms with Crippen LogP contribution >= 0.6 is 11.3 Å². The van der Waals surface area contributed by atoms with Gasteiger partial charge in [-0.15, -0.1) is 11.3 Å². The molecule has 0 radical (unpaired) electrons. The summed E-state index contributed by atoms with van der Waals surface area (Å²) in [4.78, 5) is 38.3. The van der Waals surface area contributed by atoms with Crippen LogP contribution in [-0.2, 0) is 33.8 Å². The van der Waals surface area contributed by atoms with Crippen LogP contribution in [0, 0.1) is 0 Å². The molecule has 2 amide bonds. The van der Waals surface area contributed by atoms with E-state index in [0.29, 0.717) is 40.8 Å². The molecule has 2 N–H and O–H groups in total. The third-order valence-electron chi connectivity index (χ3n) is 5.88. The van der Waals surface area contributed by atoms with Crippen LogP contribution in [0.2, 0.25) is 0 Å². The number of aryl methyl sites for hydroxylation is 1. The molecule has 1 heterocycles. The lowest BCUT2D eigenvalue weighted by molar-refractivity contribution is -0.136. The molecule has 1 aliphatic rings. The molecule has 0 bridgehead atoms. The molecule has 4 rings (SSSR count). The van der Waals surface area contributed by atoms with Gasteiger partial charge in [-0.25, -0.2) is 10.2 Å². The number of methoxy groups -OCH3 is 1. The Hall–Kier alpha value is -4.18. The maximum atomic E-state index is 12.5. The Morgan fingerprint density at radius 3 is 2.55 bits per heavy atom. The summed E-state index contributed by atoms with van der Waals surface area (Å²) >= 11 is 1.31. The summed E-state index contributed by atoms with van der Waals surface area (Å²) in [5.41, 5.74) is 5.11. The normalized spacial score (nSPS) is 12.5. The quantitative estimate of drug-likeness (QED) is 0.181. The minimum absolute atomic E-state index is 0.320. The number of esters is 1. The summed E-state index contributed by atoms with van der Waals surface area (Å²) in [6.07, 6.45) is 4.94. The highest BCUT2D eigenvalue weighted by Crippen LogP contribution is 2.38. The van der Waals surface area contributed by atoms with Crippen LogP contribution in [0.1, 0.15) is 51.7 Å². The van der Waals surface area contributed by atoms with Crippen molar-refractivity contribution in [2.45, 2.75) is 39.2 Å². The molecule has 0 unspecified atom stereocenters. The topological polar surface area (TPSA) is 115 Å². The zero-order chi connectivity index (χ0) is 26.9. The minimum Gasteiger partial charge on any atom is -0.490 e. The van der Waals surface area contributed by atoms with Crippen LogP contribution in [0.4, 0.5) is 5.00 Å². The molecule has 0 saturated carbocycles. The van der Waals surface area contributed by atoms with Gasteiger partial charge in [0.05, 0.1) is 25.5 Å². The van der Waals surface area contributed by atoms with Crippen LogP contribution in [0.15, 0.2) is 53.6 Å². The predicted octanol–water partition coefficient (Wildman–Crippen LogP) is 4.48. The van der Waals surface area contributed by atoms with Gasteiger partial charge in [-0.1, -0.05) is 30.3 Å². The molecule has 38 heavy (non-hydrogen) atoms. The van der Waals surface area contributed by atoms with E-state index in [9.17, 15) is 14.4 Å². The van der Waals surface area contributed by atoms with Crippen LogP contribution < -0.4 is 20.2 Å². The Morgan fingerprint density at radius 2 is 1.79 bits per heavy atom. The van der Waals surface area contributed by atoms with Gasteiger partial charge in [0.2, 0.25) is 0 Å². The van der Waals surface area contributed by atoms with E-state index >= 15 is 0 Å². The van der Waals surface area contributed by atoms with Crippen molar-refractivity contribution in [2.75, 3.05) is 19.0 Å². The van der Waals surface area contributed by atoms with E-state index in [1.165, 1.54) is 24.7 Å². The summed E-state index contributed by atoms with van der Waals surface area (Å²) in [6.45, 7) is 2.71. The summed E-state index contributed by atoms with van der Waals surface area (Å²) in [5, 5.41) is 6.77. The van der Waals surface area contributed by atoms with Gasteiger partial charge in [-0.05, 0) is 67.5 Å². The van der Waals surface area contributed by atoms with E-state index in [2.05, 4.69) is 15.8 Å². The van der Waals surface area contributed by atoms with Gasteiger partial charge in [0.25, 0.3) is 0 Å². The molecule has 2 aromatic carbocycles. The Morgan fingerprint density at radius 1 is 1.00 bits per heavy atom. The molecule has 1 aliphatic carbocycles. The van der Waals surface area contributed by atoms with Crippen molar-refractivity contribution in [1.82, 2.24) is 5.43 Å². The fraction of sp³-hybridized carbons (Fsp3) is 0.286. The van der Waals surface area contributed by atoms with Gasteiger partial charge in [-0.3, -0.25) is 9.59 Å². The number of nitrogens with one attached hydrogen (secondary N) is 2. The molecule has 9 nitrogen and oxygen atoms in total. The highest BCUT2D eigenvalue weighted by Gasteiger charge is 2.28. The number of hydrogen-bond donors (Lipinski definition) is 2. The molecule has 10 heteroatoms. The van der Waals surface area contributed by atoms with E-state index in [1.807, 2.05) is 37.3 Å². The number of rotatable bonds is 9. The third kappa shape index (κ3) is 6.57. The van der Waals surface area contributed by atoms with Gasteiger partial charge in [0, 0.05) is 4.88 Å². The highest BCUT2D eigenvalue weighted by atomic mass is 32.1. The number of benzene rings is 2. The lowest BCUT2D eigenvalue weighted by Gasteiger charge is -2.12. The van der Waals surface area contributed by atoms with E-state index in [1.54, 1.807) is 18.2 Å². The van der Waals surface area contributed by atoms with E-state index in [-0.39, 0.29) is 0 Å². The second-order valence-corrected chi connectivity index (χ2v) is 9.58.